The van der Waals surface area contributed by atoms with Gasteiger partial charge in [0.2, 0.25) is 0 Å². The van der Waals surface area contributed by atoms with Gasteiger partial charge >= 0.3 is 5.97 Å². The molecule has 0 aliphatic heterocycles. The van der Waals surface area contributed by atoms with Gasteiger partial charge in [0.05, 0.1) is 6.61 Å². The van der Waals surface area contributed by atoms with Gasteiger partial charge in [-0.2, -0.15) is 0 Å². The van der Waals surface area contributed by atoms with Gasteiger partial charge < -0.3 is 14.9 Å². The third-order valence-electron chi connectivity index (χ3n) is 2.40. The number of ether oxygens (including phenoxy) is 1. The molecule has 88 valence electrons. The lowest BCUT2D eigenvalue weighted by atomic mass is 9.90. The van der Waals surface area contributed by atoms with E-state index in [0.717, 1.165) is 0 Å². The molecule has 0 bridgehead atoms. The van der Waals surface area contributed by atoms with Crippen LogP contribution in [-0.2, 0) is 15.1 Å². The maximum Gasteiger partial charge on any atom is 0.338 e. The predicted molar refractivity (Wildman–Crippen MR) is 58.7 cm³/mol. The van der Waals surface area contributed by atoms with E-state index in [9.17, 15) is 15.0 Å². The predicted octanol–water partition coefficient (Wildman–Crippen LogP) is 0.818. The fraction of sp³-hybridized carbons (Fsp3) is 0.417. The molecule has 0 spiro atoms. The number of benzene rings is 1. The Bertz CT molecular complexity index is 345. The summed E-state index contributed by atoms with van der Waals surface area (Å²) in [5, 5.41) is 19.8. The van der Waals surface area contributed by atoms with Crippen molar-refractivity contribution in [3.8, 4) is 0 Å². The molecule has 0 amide bonds. The summed E-state index contributed by atoms with van der Waals surface area (Å²) in [5.74, 6) is -0.823. The minimum atomic E-state index is -1.65. The summed E-state index contributed by atoms with van der Waals surface area (Å²) >= 11 is 0. The lowest BCUT2D eigenvalue weighted by molar-refractivity contribution is -0.168. The molecule has 4 heteroatoms. The molecule has 0 radical (unpaired) electrons. The molecule has 0 aromatic heterocycles. The van der Waals surface area contributed by atoms with Crippen molar-refractivity contribution >= 4 is 5.97 Å². The summed E-state index contributed by atoms with van der Waals surface area (Å²) in [6.07, 6.45) is -1.59. The highest BCUT2D eigenvalue weighted by atomic mass is 16.5. The average Bonchev–Trinajstić information content (AvgIpc) is 2.29. The van der Waals surface area contributed by atoms with E-state index in [1.807, 2.05) is 0 Å². The highest BCUT2D eigenvalue weighted by Gasteiger charge is 2.38. The summed E-state index contributed by atoms with van der Waals surface area (Å²) < 4.78 is 4.66. The van der Waals surface area contributed by atoms with Crippen LogP contribution in [0, 0.1) is 0 Å². The lowest BCUT2D eigenvalue weighted by Gasteiger charge is -2.27. The summed E-state index contributed by atoms with van der Waals surface area (Å²) in [4.78, 5) is 11.3. The van der Waals surface area contributed by atoms with E-state index in [2.05, 4.69) is 4.74 Å². The van der Waals surface area contributed by atoms with Crippen molar-refractivity contribution in [1.29, 1.82) is 0 Å². The van der Waals surface area contributed by atoms with E-state index < -0.39 is 17.7 Å². The van der Waals surface area contributed by atoms with Crippen molar-refractivity contribution in [1.82, 2.24) is 0 Å². The van der Waals surface area contributed by atoms with Crippen LogP contribution in [0.5, 0.6) is 0 Å². The van der Waals surface area contributed by atoms with E-state index >= 15 is 0 Å². The molecule has 0 unspecified atom stereocenters. The van der Waals surface area contributed by atoms with Gasteiger partial charge in [0.25, 0.3) is 0 Å². The Kier molecular flexibility index (Phi) is 4.04. The van der Waals surface area contributed by atoms with Crippen molar-refractivity contribution < 1.29 is 19.7 Å². The van der Waals surface area contributed by atoms with Crippen LogP contribution in [-0.4, -0.2) is 28.9 Å². The fourth-order valence-corrected chi connectivity index (χ4v) is 1.38. The van der Waals surface area contributed by atoms with E-state index in [1.54, 1.807) is 37.3 Å². The van der Waals surface area contributed by atoms with Crippen LogP contribution in [0.15, 0.2) is 30.3 Å². The first-order valence-electron chi connectivity index (χ1n) is 5.12. The van der Waals surface area contributed by atoms with Crippen molar-refractivity contribution in [2.45, 2.75) is 25.6 Å². The molecule has 1 rings (SSSR count). The second-order valence-electron chi connectivity index (χ2n) is 3.67. The number of hydrogen-bond acceptors (Lipinski definition) is 4. The van der Waals surface area contributed by atoms with Crippen LogP contribution in [0.1, 0.15) is 19.4 Å². The molecule has 0 fully saturated rings. The van der Waals surface area contributed by atoms with Crippen molar-refractivity contribution in [2.24, 2.45) is 0 Å². The van der Waals surface area contributed by atoms with Gasteiger partial charge in [-0.3, -0.25) is 0 Å². The van der Waals surface area contributed by atoms with Crippen LogP contribution < -0.4 is 0 Å². The largest absolute Gasteiger partial charge is 0.464 e. The number of carbonyl (C=O) groups is 1. The third-order valence-corrected chi connectivity index (χ3v) is 2.40. The molecule has 0 heterocycles. The van der Waals surface area contributed by atoms with E-state index in [0.29, 0.717) is 5.56 Å². The van der Waals surface area contributed by atoms with Gasteiger partial charge in [0.15, 0.2) is 6.10 Å². The van der Waals surface area contributed by atoms with Crippen LogP contribution in [0.25, 0.3) is 0 Å². The van der Waals surface area contributed by atoms with Crippen LogP contribution in [0.4, 0.5) is 0 Å². The number of aliphatic hydroxyl groups is 2. The second-order valence-corrected chi connectivity index (χ2v) is 3.67. The maximum absolute atomic E-state index is 11.3. The number of carbonyl (C=O) groups excluding carboxylic acids is 1. The Morgan fingerprint density at radius 1 is 1.44 bits per heavy atom. The molecular weight excluding hydrogens is 208 g/mol. The number of aliphatic hydroxyl groups excluding tert-OH is 1. The average molecular weight is 224 g/mol. The molecule has 0 saturated carbocycles. The molecule has 0 saturated heterocycles. The molecule has 0 aliphatic carbocycles. The summed E-state index contributed by atoms with van der Waals surface area (Å²) in [7, 11) is 0. The van der Waals surface area contributed by atoms with Gasteiger partial charge in [-0.15, -0.1) is 0 Å². The number of esters is 1. The summed E-state index contributed by atoms with van der Waals surface area (Å²) in [6, 6.07) is 8.52. The van der Waals surface area contributed by atoms with Gasteiger partial charge in [0, 0.05) is 0 Å². The SMILES string of the molecule is CCOC(=O)[C@@H](O)[C@](C)(O)c1ccccc1. The van der Waals surface area contributed by atoms with Gasteiger partial charge in [-0.05, 0) is 19.4 Å². The van der Waals surface area contributed by atoms with Gasteiger partial charge in [-0.1, -0.05) is 30.3 Å². The standard InChI is InChI=1S/C12H16O4/c1-3-16-11(14)10(13)12(2,15)9-7-5-4-6-8-9/h4-8,10,13,15H,3H2,1-2H3/t10-,12-/m1/s1. The molecule has 1 aromatic carbocycles. The fourth-order valence-electron chi connectivity index (χ4n) is 1.38. The van der Waals surface area contributed by atoms with Crippen LogP contribution in [0.2, 0.25) is 0 Å². The summed E-state index contributed by atoms with van der Waals surface area (Å²) in [5.41, 5.74) is -1.18. The molecule has 1 aromatic rings. The smallest absolute Gasteiger partial charge is 0.338 e. The van der Waals surface area contributed by atoms with Crippen molar-refractivity contribution in [3.05, 3.63) is 35.9 Å². The Morgan fingerprint density at radius 2 is 2.00 bits per heavy atom. The normalized spacial score (nSPS) is 16.2. The Balaban J connectivity index is 2.89. The van der Waals surface area contributed by atoms with Crippen LogP contribution >= 0.6 is 0 Å². The van der Waals surface area contributed by atoms with E-state index in [4.69, 9.17) is 0 Å². The minimum absolute atomic E-state index is 0.167. The maximum atomic E-state index is 11.3. The Hall–Kier alpha value is -1.39. The van der Waals surface area contributed by atoms with Gasteiger partial charge in [0.1, 0.15) is 5.60 Å². The first-order valence-corrected chi connectivity index (χ1v) is 5.12. The van der Waals surface area contributed by atoms with E-state index in [1.165, 1.54) is 6.92 Å². The molecule has 4 nitrogen and oxygen atoms in total. The first kappa shape index (κ1) is 12.7. The zero-order valence-corrected chi connectivity index (χ0v) is 9.38. The summed E-state index contributed by atoms with van der Waals surface area (Å²) in [6.45, 7) is 3.19. The third kappa shape index (κ3) is 2.59. The minimum Gasteiger partial charge on any atom is -0.464 e. The first-order chi connectivity index (χ1) is 7.50. The van der Waals surface area contributed by atoms with Crippen LogP contribution in [0.3, 0.4) is 0 Å². The molecule has 0 aliphatic rings. The van der Waals surface area contributed by atoms with Gasteiger partial charge in [-0.25, -0.2) is 4.79 Å². The Morgan fingerprint density at radius 3 is 2.50 bits per heavy atom. The highest BCUT2D eigenvalue weighted by molar-refractivity contribution is 5.76. The monoisotopic (exact) mass is 224 g/mol. The van der Waals surface area contributed by atoms with Crippen molar-refractivity contribution in [3.63, 3.8) is 0 Å². The highest BCUT2D eigenvalue weighted by Crippen LogP contribution is 2.25. The molecular formula is C12H16O4. The number of rotatable bonds is 4. The number of hydrogen-bond donors (Lipinski definition) is 2. The molecule has 2 N–H and O–H groups in total. The molecule has 2 atom stereocenters. The van der Waals surface area contributed by atoms with E-state index in [-0.39, 0.29) is 6.61 Å². The second kappa shape index (κ2) is 5.09. The van der Waals surface area contributed by atoms with Crippen molar-refractivity contribution in [2.75, 3.05) is 6.61 Å². The Labute approximate surface area is 94.5 Å². The zero-order chi connectivity index (χ0) is 12.2. The lowest BCUT2D eigenvalue weighted by Crippen LogP contribution is -2.43. The zero-order valence-electron chi connectivity index (χ0n) is 9.38. The quantitative estimate of drug-likeness (QED) is 0.743. The molecule has 16 heavy (non-hydrogen) atoms. The topological polar surface area (TPSA) is 66.8 Å².